The van der Waals surface area contributed by atoms with Crippen molar-refractivity contribution in [3.8, 4) is 6.07 Å². The number of anilines is 2. The highest BCUT2D eigenvalue weighted by Crippen LogP contribution is 2.16. The van der Waals surface area contributed by atoms with Gasteiger partial charge in [0.15, 0.2) is 0 Å². The van der Waals surface area contributed by atoms with E-state index in [4.69, 9.17) is 11.6 Å². The second-order valence-corrected chi connectivity index (χ2v) is 5.37. The van der Waals surface area contributed by atoms with E-state index < -0.39 is 5.91 Å². The van der Waals surface area contributed by atoms with Crippen LogP contribution in [-0.2, 0) is 9.59 Å². The number of rotatable bonds is 4. The summed E-state index contributed by atoms with van der Waals surface area (Å²) in [5.41, 5.74) is 1.76. The van der Waals surface area contributed by atoms with E-state index in [1.165, 1.54) is 13.0 Å². The van der Waals surface area contributed by atoms with Gasteiger partial charge in [-0.25, -0.2) is 0 Å². The lowest BCUT2D eigenvalue weighted by atomic mass is 10.1. The predicted octanol–water partition coefficient (Wildman–Crippen LogP) is 3.84. The average molecular weight is 340 g/mol. The molecule has 0 saturated heterocycles. The number of halogens is 1. The highest BCUT2D eigenvalue weighted by Gasteiger charge is 2.09. The lowest BCUT2D eigenvalue weighted by Gasteiger charge is -2.06. The first-order valence-corrected chi connectivity index (χ1v) is 7.42. The number of nitriles is 1. The van der Waals surface area contributed by atoms with E-state index in [0.717, 1.165) is 0 Å². The van der Waals surface area contributed by atoms with E-state index in [0.29, 0.717) is 22.0 Å². The molecule has 5 nitrogen and oxygen atoms in total. The fourth-order valence-corrected chi connectivity index (χ4v) is 2.15. The van der Waals surface area contributed by atoms with E-state index in [-0.39, 0.29) is 11.5 Å². The van der Waals surface area contributed by atoms with Crippen LogP contribution in [0.3, 0.4) is 0 Å². The number of carbonyl (C=O) groups excluding carboxylic acids is 2. The van der Waals surface area contributed by atoms with Gasteiger partial charge in [-0.15, -0.1) is 0 Å². The van der Waals surface area contributed by atoms with Gasteiger partial charge in [0.05, 0.1) is 0 Å². The molecular weight excluding hydrogens is 326 g/mol. The smallest absolute Gasteiger partial charge is 0.266 e. The SMILES string of the molecule is CC(=O)Nc1ccc(NC(=O)/C(C#N)=C/c2cccc(Cl)c2)cc1. The van der Waals surface area contributed by atoms with Crippen LogP contribution in [0.5, 0.6) is 0 Å². The molecule has 0 heterocycles. The first-order valence-electron chi connectivity index (χ1n) is 7.04. The van der Waals surface area contributed by atoms with Crippen molar-refractivity contribution in [1.82, 2.24) is 0 Å². The van der Waals surface area contributed by atoms with Gasteiger partial charge >= 0.3 is 0 Å². The summed E-state index contributed by atoms with van der Waals surface area (Å²) in [6.07, 6.45) is 1.47. The largest absolute Gasteiger partial charge is 0.326 e. The normalized spacial score (nSPS) is 10.6. The van der Waals surface area contributed by atoms with E-state index in [9.17, 15) is 14.9 Å². The summed E-state index contributed by atoms with van der Waals surface area (Å²) in [4.78, 5) is 23.2. The molecule has 0 atom stereocenters. The number of amides is 2. The number of hydrogen-bond acceptors (Lipinski definition) is 3. The molecule has 0 aromatic heterocycles. The molecule has 0 bridgehead atoms. The van der Waals surface area contributed by atoms with Crippen LogP contribution in [0.1, 0.15) is 12.5 Å². The van der Waals surface area contributed by atoms with Crippen LogP contribution in [-0.4, -0.2) is 11.8 Å². The van der Waals surface area contributed by atoms with Gasteiger partial charge in [0, 0.05) is 23.3 Å². The first-order chi connectivity index (χ1) is 11.5. The van der Waals surface area contributed by atoms with Gasteiger partial charge in [0.2, 0.25) is 5.91 Å². The maximum atomic E-state index is 12.2. The topological polar surface area (TPSA) is 82.0 Å². The van der Waals surface area contributed by atoms with E-state index in [1.807, 2.05) is 6.07 Å². The fraction of sp³-hybridized carbons (Fsp3) is 0.0556. The lowest BCUT2D eigenvalue weighted by molar-refractivity contribution is -0.114. The maximum absolute atomic E-state index is 12.2. The monoisotopic (exact) mass is 339 g/mol. The lowest BCUT2D eigenvalue weighted by Crippen LogP contribution is -2.13. The van der Waals surface area contributed by atoms with Crippen LogP contribution < -0.4 is 10.6 Å². The number of nitrogens with one attached hydrogen (secondary N) is 2. The molecule has 0 unspecified atom stereocenters. The Morgan fingerprint density at radius 1 is 1.08 bits per heavy atom. The van der Waals surface area contributed by atoms with Crippen LogP contribution >= 0.6 is 11.6 Å². The molecule has 6 heteroatoms. The molecular formula is C18H14ClN3O2. The molecule has 2 N–H and O–H groups in total. The zero-order chi connectivity index (χ0) is 17.5. The minimum Gasteiger partial charge on any atom is -0.326 e. The molecule has 2 aromatic rings. The quantitative estimate of drug-likeness (QED) is 0.655. The zero-order valence-electron chi connectivity index (χ0n) is 12.8. The maximum Gasteiger partial charge on any atom is 0.266 e. The molecule has 0 fully saturated rings. The Balaban J connectivity index is 2.12. The number of hydrogen-bond donors (Lipinski definition) is 2. The molecule has 120 valence electrons. The Labute approximate surface area is 144 Å². The average Bonchev–Trinajstić information content (AvgIpc) is 2.54. The third-order valence-corrected chi connectivity index (χ3v) is 3.22. The van der Waals surface area contributed by atoms with Gasteiger partial charge in [0.1, 0.15) is 11.6 Å². The molecule has 2 amide bonds. The van der Waals surface area contributed by atoms with Crippen molar-refractivity contribution in [3.05, 3.63) is 64.7 Å². The van der Waals surface area contributed by atoms with Crippen molar-refractivity contribution < 1.29 is 9.59 Å². The van der Waals surface area contributed by atoms with Crippen LogP contribution in [0, 0.1) is 11.3 Å². The van der Waals surface area contributed by atoms with E-state index in [2.05, 4.69) is 10.6 Å². The molecule has 0 aliphatic carbocycles. The molecule has 0 spiro atoms. The molecule has 2 aromatic carbocycles. The summed E-state index contributed by atoms with van der Waals surface area (Å²) in [5.74, 6) is -0.701. The molecule has 0 radical (unpaired) electrons. The zero-order valence-corrected chi connectivity index (χ0v) is 13.6. The second kappa shape index (κ2) is 7.95. The third kappa shape index (κ3) is 4.97. The third-order valence-electron chi connectivity index (χ3n) is 2.99. The van der Waals surface area contributed by atoms with E-state index in [1.54, 1.807) is 48.5 Å². The van der Waals surface area contributed by atoms with Gasteiger partial charge in [-0.05, 0) is 48.0 Å². The van der Waals surface area contributed by atoms with Crippen molar-refractivity contribution in [2.24, 2.45) is 0 Å². The standard InChI is InChI=1S/C18H14ClN3O2/c1-12(23)21-16-5-7-17(8-6-16)22-18(24)14(11-20)9-13-3-2-4-15(19)10-13/h2-10H,1H3,(H,21,23)(H,22,24)/b14-9+. The molecule has 0 saturated carbocycles. The van der Waals surface area contributed by atoms with Gasteiger partial charge in [-0.1, -0.05) is 23.7 Å². The Hall–Kier alpha value is -3.10. The van der Waals surface area contributed by atoms with Gasteiger partial charge in [0.25, 0.3) is 5.91 Å². The van der Waals surface area contributed by atoms with Crippen LogP contribution in [0.2, 0.25) is 5.02 Å². The molecule has 0 aliphatic rings. The minimum atomic E-state index is -0.523. The van der Waals surface area contributed by atoms with Crippen LogP contribution in [0.25, 0.3) is 6.08 Å². The summed E-state index contributed by atoms with van der Waals surface area (Å²) < 4.78 is 0. The van der Waals surface area contributed by atoms with Crippen LogP contribution in [0.15, 0.2) is 54.1 Å². The van der Waals surface area contributed by atoms with Crippen molar-refractivity contribution in [1.29, 1.82) is 5.26 Å². The van der Waals surface area contributed by atoms with Gasteiger partial charge in [-0.3, -0.25) is 9.59 Å². The number of carbonyl (C=O) groups is 2. The summed E-state index contributed by atoms with van der Waals surface area (Å²) in [6.45, 7) is 1.41. The van der Waals surface area contributed by atoms with Crippen molar-refractivity contribution in [3.63, 3.8) is 0 Å². The minimum absolute atomic E-state index is 0.0387. The molecule has 0 aliphatic heterocycles. The Kier molecular flexibility index (Phi) is 5.72. The Morgan fingerprint density at radius 3 is 2.25 bits per heavy atom. The highest BCUT2D eigenvalue weighted by molar-refractivity contribution is 6.30. The summed E-state index contributed by atoms with van der Waals surface area (Å²) in [5, 5.41) is 15.0. The second-order valence-electron chi connectivity index (χ2n) is 4.94. The van der Waals surface area contributed by atoms with E-state index >= 15 is 0 Å². The van der Waals surface area contributed by atoms with Crippen molar-refractivity contribution in [2.75, 3.05) is 10.6 Å². The molecule has 2 rings (SSSR count). The van der Waals surface area contributed by atoms with Crippen LogP contribution in [0.4, 0.5) is 11.4 Å². The summed E-state index contributed by atoms with van der Waals surface area (Å²) >= 11 is 5.89. The predicted molar refractivity (Wildman–Crippen MR) is 94.4 cm³/mol. The summed E-state index contributed by atoms with van der Waals surface area (Å²) in [6, 6.07) is 15.3. The Bertz CT molecular complexity index is 836. The van der Waals surface area contributed by atoms with Gasteiger partial charge in [-0.2, -0.15) is 5.26 Å². The number of nitrogens with zero attached hydrogens (tertiary/aromatic N) is 1. The fourth-order valence-electron chi connectivity index (χ4n) is 1.95. The van der Waals surface area contributed by atoms with Gasteiger partial charge < -0.3 is 10.6 Å². The van der Waals surface area contributed by atoms with Crippen molar-refractivity contribution in [2.45, 2.75) is 6.92 Å². The number of benzene rings is 2. The first kappa shape index (κ1) is 17.3. The molecule has 24 heavy (non-hydrogen) atoms. The summed E-state index contributed by atoms with van der Waals surface area (Å²) in [7, 11) is 0. The van der Waals surface area contributed by atoms with Crippen molar-refractivity contribution >= 4 is 40.9 Å². The highest BCUT2D eigenvalue weighted by atomic mass is 35.5. The Morgan fingerprint density at radius 2 is 1.71 bits per heavy atom.